The predicted octanol–water partition coefficient (Wildman–Crippen LogP) is 2.08. The van der Waals surface area contributed by atoms with E-state index in [1.807, 2.05) is 37.3 Å². The van der Waals surface area contributed by atoms with Gasteiger partial charge in [0.2, 0.25) is 5.91 Å². The molecule has 2 aromatic carbocycles. The molecule has 3 aromatic rings. The lowest BCUT2D eigenvalue weighted by Gasteiger charge is -2.22. The highest BCUT2D eigenvalue weighted by Crippen LogP contribution is 2.12. The monoisotopic (exact) mass is 404 g/mol. The maximum absolute atomic E-state index is 12.8. The number of aromatic nitrogens is 2. The van der Waals surface area contributed by atoms with E-state index in [0.29, 0.717) is 49.1 Å². The van der Waals surface area contributed by atoms with Crippen molar-refractivity contribution in [3.8, 4) is 0 Å². The third-order valence-electron chi connectivity index (χ3n) is 5.44. The topological polar surface area (TPSA) is 75.5 Å². The first-order valence-corrected chi connectivity index (χ1v) is 10.1. The largest absolute Gasteiger partial charge is 0.339 e. The highest BCUT2D eigenvalue weighted by molar-refractivity contribution is 5.94. The molecule has 1 fully saturated rings. The van der Waals surface area contributed by atoms with E-state index in [0.717, 1.165) is 5.56 Å². The van der Waals surface area contributed by atoms with Crippen molar-refractivity contribution in [1.82, 2.24) is 19.4 Å². The van der Waals surface area contributed by atoms with Gasteiger partial charge in [-0.05, 0) is 37.6 Å². The van der Waals surface area contributed by atoms with Gasteiger partial charge in [0.1, 0.15) is 6.54 Å². The van der Waals surface area contributed by atoms with E-state index in [1.165, 1.54) is 10.9 Å². The Kier molecular flexibility index (Phi) is 5.61. The highest BCUT2D eigenvalue weighted by Gasteiger charge is 2.23. The molecule has 2 heterocycles. The van der Waals surface area contributed by atoms with E-state index in [9.17, 15) is 14.4 Å². The molecule has 7 nitrogen and oxygen atoms in total. The number of nitrogens with zero attached hydrogens (tertiary/aromatic N) is 4. The van der Waals surface area contributed by atoms with Crippen molar-refractivity contribution in [3.63, 3.8) is 0 Å². The van der Waals surface area contributed by atoms with Crippen LogP contribution in [0.25, 0.3) is 10.9 Å². The maximum atomic E-state index is 12.8. The van der Waals surface area contributed by atoms with E-state index in [4.69, 9.17) is 0 Å². The third kappa shape index (κ3) is 4.10. The minimum atomic E-state index is -0.222. The molecule has 1 saturated heterocycles. The summed E-state index contributed by atoms with van der Waals surface area (Å²) in [6.45, 7) is 4.00. The summed E-state index contributed by atoms with van der Waals surface area (Å²) in [4.78, 5) is 46.1. The van der Waals surface area contributed by atoms with Crippen molar-refractivity contribution >= 4 is 22.7 Å². The molecule has 1 aliphatic heterocycles. The Morgan fingerprint density at radius 3 is 2.57 bits per heavy atom. The number of rotatable bonds is 3. The number of benzene rings is 2. The fourth-order valence-corrected chi connectivity index (χ4v) is 3.80. The van der Waals surface area contributed by atoms with Gasteiger partial charge in [0.05, 0.1) is 17.2 Å². The minimum Gasteiger partial charge on any atom is -0.339 e. The number of fused-ring (bicyclic) bond motifs is 1. The number of amides is 2. The lowest BCUT2D eigenvalue weighted by atomic mass is 10.1. The second kappa shape index (κ2) is 8.49. The van der Waals surface area contributed by atoms with Crippen molar-refractivity contribution in [2.75, 3.05) is 26.2 Å². The summed E-state index contributed by atoms with van der Waals surface area (Å²) in [5, 5.41) is 0.499. The van der Waals surface area contributed by atoms with Gasteiger partial charge in [-0.2, -0.15) is 0 Å². The summed E-state index contributed by atoms with van der Waals surface area (Å²) >= 11 is 0. The van der Waals surface area contributed by atoms with Crippen LogP contribution in [-0.2, 0) is 11.3 Å². The summed E-state index contributed by atoms with van der Waals surface area (Å²) in [5.41, 5.74) is 2.11. The number of hydrogen-bond donors (Lipinski definition) is 0. The van der Waals surface area contributed by atoms with E-state index >= 15 is 0 Å². The van der Waals surface area contributed by atoms with Crippen LogP contribution in [0.1, 0.15) is 22.3 Å². The Bertz CT molecular complexity index is 1150. The zero-order valence-corrected chi connectivity index (χ0v) is 17.0. The zero-order chi connectivity index (χ0) is 21.1. The summed E-state index contributed by atoms with van der Waals surface area (Å²) in [6.07, 6.45) is 2.13. The molecule has 0 atom stereocenters. The number of carbonyl (C=O) groups excluding carboxylic acids is 2. The molecule has 4 rings (SSSR count). The molecule has 0 bridgehead atoms. The molecule has 0 unspecified atom stereocenters. The molecule has 1 aromatic heterocycles. The Balaban J connectivity index is 1.43. The van der Waals surface area contributed by atoms with Crippen LogP contribution < -0.4 is 5.56 Å². The van der Waals surface area contributed by atoms with E-state index in [1.54, 1.807) is 28.0 Å². The standard InChI is InChI=1S/C23H24N4O3/c1-17-6-4-7-18(14-17)22(29)26-11-5-10-25(12-13-26)21(28)15-27-16-24-20-9-3-2-8-19(20)23(27)30/h2-4,6-9,14,16H,5,10-13,15H2,1H3. The molecular formula is C23H24N4O3. The average molecular weight is 404 g/mol. The molecule has 0 aliphatic carbocycles. The summed E-state index contributed by atoms with van der Waals surface area (Å²) in [7, 11) is 0. The number of aryl methyl sites for hydroxylation is 1. The van der Waals surface area contributed by atoms with Crippen molar-refractivity contribution < 1.29 is 9.59 Å². The Morgan fingerprint density at radius 1 is 0.967 bits per heavy atom. The van der Waals surface area contributed by atoms with Gasteiger partial charge in [0.15, 0.2) is 0 Å². The van der Waals surface area contributed by atoms with Crippen LogP contribution in [0.2, 0.25) is 0 Å². The lowest BCUT2D eigenvalue weighted by Crippen LogP contribution is -2.40. The number of para-hydroxylation sites is 1. The fourth-order valence-electron chi connectivity index (χ4n) is 3.80. The molecule has 30 heavy (non-hydrogen) atoms. The number of hydrogen-bond acceptors (Lipinski definition) is 4. The van der Waals surface area contributed by atoms with Crippen LogP contribution in [0.15, 0.2) is 59.7 Å². The van der Waals surface area contributed by atoms with Crippen LogP contribution in [-0.4, -0.2) is 57.3 Å². The van der Waals surface area contributed by atoms with Crippen LogP contribution in [0.3, 0.4) is 0 Å². The molecular weight excluding hydrogens is 380 g/mol. The van der Waals surface area contributed by atoms with Gasteiger partial charge in [-0.3, -0.25) is 19.0 Å². The van der Waals surface area contributed by atoms with Crippen molar-refractivity contribution in [3.05, 3.63) is 76.3 Å². The minimum absolute atomic E-state index is 0.0112. The second-order valence-electron chi connectivity index (χ2n) is 7.59. The first-order valence-electron chi connectivity index (χ1n) is 10.1. The lowest BCUT2D eigenvalue weighted by molar-refractivity contribution is -0.131. The summed E-state index contributed by atoms with van der Waals surface area (Å²) in [5.74, 6) is -0.151. The average Bonchev–Trinajstić information content (AvgIpc) is 3.02. The van der Waals surface area contributed by atoms with Gasteiger partial charge in [0.25, 0.3) is 11.5 Å². The Hall–Kier alpha value is -3.48. The maximum Gasteiger partial charge on any atom is 0.261 e. The van der Waals surface area contributed by atoms with Gasteiger partial charge in [-0.15, -0.1) is 0 Å². The van der Waals surface area contributed by atoms with Crippen LogP contribution in [0.5, 0.6) is 0 Å². The van der Waals surface area contributed by atoms with E-state index in [2.05, 4.69) is 4.98 Å². The molecule has 2 amide bonds. The van der Waals surface area contributed by atoms with E-state index < -0.39 is 0 Å². The molecule has 0 saturated carbocycles. The van der Waals surface area contributed by atoms with Crippen LogP contribution in [0.4, 0.5) is 0 Å². The zero-order valence-electron chi connectivity index (χ0n) is 17.0. The smallest absolute Gasteiger partial charge is 0.261 e. The summed E-state index contributed by atoms with van der Waals surface area (Å²) < 4.78 is 1.35. The van der Waals surface area contributed by atoms with Crippen molar-refractivity contribution in [2.45, 2.75) is 19.9 Å². The predicted molar refractivity (Wildman–Crippen MR) is 114 cm³/mol. The second-order valence-corrected chi connectivity index (χ2v) is 7.59. The van der Waals surface area contributed by atoms with Gasteiger partial charge in [0, 0.05) is 31.7 Å². The van der Waals surface area contributed by atoms with Gasteiger partial charge in [-0.1, -0.05) is 29.8 Å². The van der Waals surface area contributed by atoms with Crippen molar-refractivity contribution in [2.24, 2.45) is 0 Å². The molecule has 154 valence electrons. The van der Waals surface area contributed by atoms with Crippen LogP contribution >= 0.6 is 0 Å². The Labute approximate surface area is 174 Å². The normalized spacial score (nSPS) is 14.6. The SMILES string of the molecule is Cc1cccc(C(=O)N2CCCN(C(=O)Cn3cnc4ccccc4c3=O)CC2)c1. The Morgan fingerprint density at radius 2 is 1.73 bits per heavy atom. The quantitative estimate of drug-likeness (QED) is 0.670. The highest BCUT2D eigenvalue weighted by atomic mass is 16.2. The summed E-state index contributed by atoms with van der Waals surface area (Å²) in [6, 6.07) is 14.6. The molecule has 0 radical (unpaired) electrons. The van der Waals surface area contributed by atoms with Crippen molar-refractivity contribution in [1.29, 1.82) is 0 Å². The number of carbonyl (C=O) groups is 2. The molecule has 1 aliphatic rings. The molecule has 7 heteroatoms. The first-order chi connectivity index (χ1) is 14.5. The van der Waals surface area contributed by atoms with E-state index in [-0.39, 0.29) is 23.9 Å². The van der Waals surface area contributed by atoms with Gasteiger partial charge in [-0.25, -0.2) is 4.98 Å². The molecule has 0 N–H and O–H groups in total. The van der Waals surface area contributed by atoms with Crippen LogP contribution in [0, 0.1) is 6.92 Å². The fraction of sp³-hybridized carbons (Fsp3) is 0.304. The third-order valence-corrected chi connectivity index (χ3v) is 5.44. The molecule has 0 spiro atoms. The first kappa shape index (κ1) is 19.8. The van der Waals surface area contributed by atoms with Gasteiger partial charge < -0.3 is 9.80 Å². The van der Waals surface area contributed by atoms with Gasteiger partial charge >= 0.3 is 0 Å².